The Kier molecular flexibility index (Phi) is 14.2. The number of morpholine rings is 1. The fourth-order valence-electron chi connectivity index (χ4n) is 8.22. The Labute approximate surface area is 397 Å². The summed E-state index contributed by atoms with van der Waals surface area (Å²) in [7, 11) is -1.49. The van der Waals surface area contributed by atoms with Crippen molar-refractivity contribution in [2.45, 2.75) is 18.7 Å². The Hall–Kier alpha value is -6.90. The summed E-state index contributed by atoms with van der Waals surface area (Å²) < 4.78 is 33.3. The lowest BCUT2D eigenvalue weighted by Crippen LogP contribution is -2.50. The second-order valence-electron chi connectivity index (χ2n) is 17.2. The third-order valence-corrected chi connectivity index (χ3v) is 14.2. The molecule has 3 fully saturated rings. The van der Waals surface area contributed by atoms with Gasteiger partial charge in [-0.15, -0.1) is 0 Å². The smallest absolute Gasteiger partial charge is 0.252 e. The van der Waals surface area contributed by atoms with Gasteiger partial charge in [-0.2, -0.15) is 14.3 Å². The summed E-state index contributed by atoms with van der Waals surface area (Å²) in [6.07, 6.45) is 3.51. The molecule has 0 spiro atoms. The normalized spacial score (nSPS) is 16.3. The van der Waals surface area contributed by atoms with Crippen LogP contribution in [0.5, 0.6) is 0 Å². The molecule has 4 aromatic carbocycles. The van der Waals surface area contributed by atoms with E-state index in [1.807, 2.05) is 56.3 Å². The summed E-state index contributed by atoms with van der Waals surface area (Å²) in [6, 6.07) is 30.7. The molecule has 5 N–H and O–H groups in total. The summed E-state index contributed by atoms with van der Waals surface area (Å²) in [4.78, 5) is 41.3. The zero-order valence-corrected chi connectivity index (χ0v) is 39.5. The van der Waals surface area contributed by atoms with Crippen LogP contribution in [0.15, 0.2) is 114 Å². The first-order valence-corrected chi connectivity index (χ1v) is 24.4. The summed E-state index contributed by atoms with van der Waals surface area (Å²) in [5.74, 6) is 1.96. The highest BCUT2D eigenvalue weighted by molar-refractivity contribution is 7.89. The van der Waals surface area contributed by atoms with E-state index in [9.17, 15) is 13.2 Å². The van der Waals surface area contributed by atoms with Gasteiger partial charge in [0.25, 0.3) is 5.91 Å². The molecule has 0 atom stereocenters. The molecular formula is C49H58N14O4S. The molecule has 1 amide bonds. The molecule has 2 aromatic heterocycles. The molecule has 0 aliphatic carbocycles. The second-order valence-corrected chi connectivity index (χ2v) is 19.2. The molecule has 0 radical (unpaired) electrons. The number of benzene rings is 4. The fourth-order valence-corrected chi connectivity index (χ4v) is 9.68. The van der Waals surface area contributed by atoms with Crippen LogP contribution >= 0.6 is 0 Å². The summed E-state index contributed by atoms with van der Waals surface area (Å²) in [6.45, 7) is 13.1. The highest BCUT2D eigenvalue weighted by atomic mass is 32.2. The van der Waals surface area contributed by atoms with Crippen LogP contribution < -0.4 is 36.4 Å². The maximum absolute atomic E-state index is 13.4. The number of nitrogens with zero attached hydrogens (tertiary/aromatic N) is 9. The first-order valence-electron chi connectivity index (χ1n) is 22.9. The molecule has 18 nitrogen and oxygen atoms in total. The van der Waals surface area contributed by atoms with Crippen LogP contribution in [0.1, 0.15) is 21.5 Å². The fraction of sp³-hybridized carbons (Fsp3) is 0.327. The first kappa shape index (κ1) is 46.2. The number of carbonyl (C=O) groups excluding carboxylic acids is 1. The largest absolute Gasteiger partial charge is 0.379 e. The highest BCUT2D eigenvalue weighted by Crippen LogP contribution is 2.28. The predicted molar refractivity (Wildman–Crippen MR) is 268 cm³/mol. The van der Waals surface area contributed by atoms with E-state index >= 15 is 0 Å². The van der Waals surface area contributed by atoms with E-state index in [2.05, 4.69) is 99.6 Å². The average Bonchev–Trinajstić information content (AvgIpc) is 3.36. The Balaban J connectivity index is 0.732. The molecule has 0 bridgehead atoms. The Morgan fingerprint density at radius 3 is 1.68 bits per heavy atom. The summed E-state index contributed by atoms with van der Waals surface area (Å²) in [5, 5.41) is 16.4. The van der Waals surface area contributed by atoms with Crippen molar-refractivity contribution in [3.8, 4) is 0 Å². The number of rotatable bonds is 15. The van der Waals surface area contributed by atoms with Gasteiger partial charge in [0.05, 0.1) is 24.8 Å². The number of ether oxygens (including phenoxy) is 1. The maximum Gasteiger partial charge on any atom is 0.252 e. The number of hydrogen-bond acceptors (Lipinski definition) is 16. The minimum Gasteiger partial charge on any atom is -0.379 e. The van der Waals surface area contributed by atoms with Gasteiger partial charge in [0.15, 0.2) is 0 Å². The van der Waals surface area contributed by atoms with Gasteiger partial charge in [-0.1, -0.05) is 12.1 Å². The van der Waals surface area contributed by atoms with E-state index in [4.69, 9.17) is 14.7 Å². The molecule has 3 aliphatic rings. The highest BCUT2D eigenvalue weighted by Gasteiger charge is 2.27. The van der Waals surface area contributed by atoms with Crippen molar-refractivity contribution in [1.82, 2.24) is 39.4 Å². The molecule has 9 rings (SSSR count). The number of aryl methyl sites for hydroxylation is 2. The number of aromatic nitrogens is 4. The number of sulfonamides is 1. The number of nitrogens with one attached hydrogen (secondary N) is 5. The number of piperazine rings is 2. The van der Waals surface area contributed by atoms with E-state index in [0.717, 1.165) is 86.2 Å². The van der Waals surface area contributed by atoms with Crippen LogP contribution in [0.2, 0.25) is 0 Å². The first-order chi connectivity index (χ1) is 33.0. The van der Waals surface area contributed by atoms with Crippen LogP contribution in [-0.2, 0) is 14.8 Å². The topological polar surface area (TPSA) is 188 Å². The molecule has 3 saturated heterocycles. The molecule has 354 valence electrons. The summed E-state index contributed by atoms with van der Waals surface area (Å²) >= 11 is 0. The zero-order valence-electron chi connectivity index (χ0n) is 38.7. The van der Waals surface area contributed by atoms with Crippen LogP contribution in [0.3, 0.4) is 0 Å². The van der Waals surface area contributed by atoms with Crippen molar-refractivity contribution in [3.63, 3.8) is 0 Å². The Morgan fingerprint density at radius 2 is 1.12 bits per heavy atom. The van der Waals surface area contributed by atoms with Gasteiger partial charge in [0, 0.05) is 129 Å². The Bertz CT molecular complexity index is 2790. The third kappa shape index (κ3) is 11.4. The van der Waals surface area contributed by atoms with E-state index in [-0.39, 0.29) is 10.8 Å². The third-order valence-electron chi connectivity index (χ3n) is 12.4. The summed E-state index contributed by atoms with van der Waals surface area (Å²) in [5.41, 5.74) is 7.64. The molecular weight excluding hydrogens is 881 g/mol. The predicted octanol–water partition coefficient (Wildman–Crippen LogP) is 6.14. The average molecular weight is 939 g/mol. The minimum absolute atomic E-state index is 0.148. The van der Waals surface area contributed by atoms with Crippen molar-refractivity contribution < 1.29 is 17.9 Å². The second kappa shape index (κ2) is 20.9. The van der Waals surface area contributed by atoms with Gasteiger partial charge in [0.1, 0.15) is 11.6 Å². The van der Waals surface area contributed by atoms with E-state index in [0.29, 0.717) is 67.8 Å². The molecule has 3 aliphatic heterocycles. The number of amides is 1. The lowest BCUT2D eigenvalue weighted by molar-refractivity contribution is 0.0730. The van der Waals surface area contributed by atoms with E-state index in [1.54, 1.807) is 30.6 Å². The quantitative estimate of drug-likeness (QED) is 0.0790. The standard InChI is InChI=1S/C49H58N14O4S/c1-35-32-50-48(55-38-10-14-42(15-11-38)61-22-18-59(3)19-23-61)57-45(35)53-40-7-4-6-37(30-40)47(64)52-34-60-20-24-62(25-21-60)43-16-12-39(13-17-43)56-49-51-33-36(2)46(58-49)54-41-8-5-9-44(31-41)68(65,66)63-26-28-67-29-27-63/h4-17,30-33H,18-29,34H2,1-3H3,(H,52,64)(H2,50,53,55,57)(H2,51,54,56,58). The van der Waals surface area contributed by atoms with Gasteiger partial charge in [-0.05, 0) is 106 Å². The van der Waals surface area contributed by atoms with Crippen molar-refractivity contribution in [2.24, 2.45) is 0 Å². The lowest BCUT2D eigenvalue weighted by atomic mass is 10.2. The maximum atomic E-state index is 13.4. The number of carbonyl (C=O) groups is 1. The van der Waals surface area contributed by atoms with Crippen LogP contribution in [0.25, 0.3) is 0 Å². The van der Waals surface area contributed by atoms with Gasteiger partial charge >= 0.3 is 0 Å². The molecule has 0 saturated carbocycles. The van der Waals surface area contributed by atoms with Crippen LogP contribution in [-0.4, -0.2) is 141 Å². The number of likely N-dealkylation sites (N-methyl/N-ethyl adjacent to an activating group) is 1. The van der Waals surface area contributed by atoms with Gasteiger partial charge in [-0.25, -0.2) is 18.4 Å². The van der Waals surface area contributed by atoms with Crippen LogP contribution in [0, 0.1) is 13.8 Å². The zero-order chi connectivity index (χ0) is 47.0. The van der Waals surface area contributed by atoms with E-state index in [1.165, 1.54) is 9.99 Å². The molecule has 68 heavy (non-hydrogen) atoms. The minimum atomic E-state index is -3.65. The van der Waals surface area contributed by atoms with Crippen LogP contribution in [0.4, 0.5) is 57.7 Å². The van der Waals surface area contributed by atoms with Crippen molar-refractivity contribution in [3.05, 3.63) is 126 Å². The molecule has 0 unspecified atom stereocenters. The number of hydrogen-bond donors (Lipinski definition) is 5. The lowest BCUT2D eigenvalue weighted by Gasteiger charge is -2.36. The monoisotopic (exact) mass is 938 g/mol. The van der Waals surface area contributed by atoms with Crippen molar-refractivity contribution in [1.29, 1.82) is 0 Å². The van der Waals surface area contributed by atoms with E-state index < -0.39 is 10.0 Å². The molecule has 19 heteroatoms. The van der Waals surface area contributed by atoms with Gasteiger partial charge < -0.3 is 46.0 Å². The van der Waals surface area contributed by atoms with Gasteiger partial charge in [-0.3, -0.25) is 9.69 Å². The molecule has 5 heterocycles. The van der Waals surface area contributed by atoms with Crippen molar-refractivity contribution >= 4 is 73.6 Å². The number of anilines is 10. The van der Waals surface area contributed by atoms with Crippen molar-refractivity contribution in [2.75, 3.05) is 123 Å². The SMILES string of the molecule is Cc1cnc(Nc2ccc(N3CCN(C)CC3)cc2)nc1Nc1cccc(C(=O)NCN2CCN(c3ccc(Nc4ncc(C)c(Nc5cccc(S(=O)(=O)N6CCOCC6)c5)n4)cc3)CC2)c1. The molecule has 6 aromatic rings. The van der Waals surface area contributed by atoms with Gasteiger partial charge in [0.2, 0.25) is 21.9 Å². The Morgan fingerprint density at radius 1 is 0.603 bits per heavy atom.